The van der Waals surface area contributed by atoms with Crippen molar-refractivity contribution in [2.75, 3.05) is 0 Å². The topological polar surface area (TPSA) is 12.9 Å². The molecule has 14 heavy (non-hydrogen) atoms. The lowest BCUT2D eigenvalue weighted by molar-refractivity contribution is 0.954. The van der Waals surface area contributed by atoms with E-state index in [0.717, 1.165) is 6.42 Å². The summed E-state index contributed by atoms with van der Waals surface area (Å²) in [5.41, 5.74) is 4.03. The predicted octanol–water partition coefficient (Wildman–Crippen LogP) is 3.22. The van der Waals surface area contributed by atoms with Crippen LogP contribution in [0.5, 0.6) is 0 Å². The fourth-order valence-electron chi connectivity index (χ4n) is 2.07. The highest BCUT2D eigenvalue weighted by molar-refractivity contribution is 7.12. The Bertz CT molecular complexity index is 485. The number of nitrogens with zero attached hydrogens (tertiary/aromatic N) is 1. The van der Waals surface area contributed by atoms with E-state index in [-0.39, 0.29) is 0 Å². The SMILES string of the molecule is Cc1nc2c(s1)CCc1ccccc1-2. The highest BCUT2D eigenvalue weighted by Crippen LogP contribution is 2.35. The van der Waals surface area contributed by atoms with Gasteiger partial charge in [-0.3, -0.25) is 0 Å². The third kappa shape index (κ3) is 1.11. The second-order valence-electron chi connectivity index (χ2n) is 3.66. The first-order valence-electron chi connectivity index (χ1n) is 4.89. The van der Waals surface area contributed by atoms with Crippen LogP contribution >= 0.6 is 11.3 Å². The molecule has 1 aromatic heterocycles. The number of aryl methyl sites for hydroxylation is 3. The minimum absolute atomic E-state index is 1.16. The Morgan fingerprint density at radius 2 is 2.07 bits per heavy atom. The van der Waals surface area contributed by atoms with Crippen molar-refractivity contribution in [3.8, 4) is 11.3 Å². The van der Waals surface area contributed by atoms with Gasteiger partial charge in [0, 0.05) is 10.4 Å². The molecular weight excluding hydrogens is 190 g/mol. The summed E-state index contributed by atoms with van der Waals surface area (Å²) < 4.78 is 0. The van der Waals surface area contributed by atoms with Crippen LogP contribution in [0.3, 0.4) is 0 Å². The molecule has 3 rings (SSSR count). The Morgan fingerprint density at radius 1 is 1.21 bits per heavy atom. The molecule has 0 amide bonds. The Morgan fingerprint density at radius 3 is 3.00 bits per heavy atom. The highest BCUT2D eigenvalue weighted by Gasteiger charge is 2.18. The van der Waals surface area contributed by atoms with Gasteiger partial charge in [0.1, 0.15) is 0 Å². The Kier molecular flexibility index (Phi) is 1.71. The van der Waals surface area contributed by atoms with Gasteiger partial charge in [-0.05, 0) is 25.3 Å². The van der Waals surface area contributed by atoms with Crippen molar-refractivity contribution in [3.05, 3.63) is 39.7 Å². The van der Waals surface area contributed by atoms with Gasteiger partial charge in [-0.15, -0.1) is 11.3 Å². The van der Waals surface area contributed by atoms with E-state index in [1.54, 1.807) is 0 Å². The van der Waals surface area contributed by atoms with E-state index in [2.05, 4.69) is 36.2 Å². The lowest BCUT2D eigenvalue weighted by Crippen LogP contribution is -2.01. The lowest BCUT2D eigenvalue weighted by Gasteiger charge is -2.13. The van der Waals surface area contributed by atoms with Crippen molar-refractivity contribution in [2.45, 2.75) is 19.8 Å². The van der Waals surface area contributed by atoms with Crippen molar-refractivity contribution in [2.24, 2.45) is 0 Å². The molecule has 2 aromatic rings. The molecule has 0 atom stereocenters. The van der Waals surface area contributed by atoms with Crippen LogP contribution in [0.2, 0.25) is 0 Å². The molecule has 1 heterocycles. The molecule has 0 saturated carbocycles. The first kappa shape index (κ1) is 8.18. The standard InChI is InChI=1S/C12H11NS/c1-8-13-12-10-5-3-2-4-9(10)6-7-11(12)14-8/h2-5H,6-7H2,1H3. The maximum absolute atomic E-state index is 4.61. The van der Waals surface area contributed by atoms with Crippen LogP contribution in [0.4, 0.5) is 0 Å². The molecule has 0 aliphatic heterocycles. The van der Waals surface area contributed by atoms with Gasteiger partial charge >= 0.3 is 0 Å². The number of benzene rings is 1. The maximum Gasteiger partial charge on any atom is 0.0904 e. The van der Waals surface area contributed by atoms with Crippen LogP contribution in [-0.4, -0.2) is 4.98 Å². The molecule has 1 nitrogen and oxygen atoms in total. The third-order valence-corrected chi connectivity index (χ3v) is 3.73. The number of hydrogen-bond acceptors (Lipinski definition) is 2. The first-order valence-corrected chi connectivity index (χ1v) is 5.71. The minimum atomic E-state index is 1.16. The van der Waals surface area contributed by atoms with E-state index < -0.39 is 0 Å². The molecule has 0 saturated heterocycles. The summed E-state index contributed by atoms with van der Waals surface area (Å²) in [6.07, 6.45) is 2.34. The van der Waals surface area contributed by atoms with Gasteiger partial charge in [-0.2, -0.15) is 0 Å². The Balaban J connectivity index is 2.28. The average molecular weight is 201 g/mol. The largest absolute Gasteiger partial charge is 0.241 e. The van der Waals surface area contributed by atoms with E-state index in [9.17, 15) is 0 Å². The third-order valence-electron chi connectivity index (χ3n) is 2.70. The van der Waals surface area contributed by atoms with Crippen LogP contribution in [-0.2, 0) is 12.8 Å². The van der Waals surface area contributed by atoms with Gasteiger partial charge in [-0.25, -0.2) is 4.98 Å². The van der Waals surface area contributed by atoms with Gasteiger partial charge in [0.25, 0.3) is 0 Å². The summed E-state index contributed by atoms with van der Waals surface area (Å²) in [5.74, 6) is 0. The summed E-state index contributed by atoms with van der Waals surface area (Å²) in [7, 11) is 0. The Hall–Kier alpha value is -1.15. The summed E-state index contributed by atoms with van der Waals surface area (Å²) >= 11 is 1.84. The van der Waals surface area contributed by atoms with E-state index in [0.29, 0.717) is 0 Å². The van der Waals surface area contributed by atoms with Crippen molar-refractivity contribution >= 4 is 11.3 Å². The van der Waals surface area contributed by atoms with Crippen molar-refractivity contribution in [1.29, 1.82) is 0 Å². The molecule has 0 bridgehead atoms. The normalized spacial score (nSPS) is 13.5. The molecule has 70 valence electrons. The molecule has 0 N–H and O–H groups in total. The van der Waals surface area contributed by atoms with Crippen LogP contribution in [0.25, 0.3) is 11.3 Å². The van der Waals surface area contributed by atoms with Gasteiger partial charge in [-0.1, -0.05) is 24.3 Å². The summed E-state index contributed by atoms with van der Waals surface area (Å²) in [5, 5.41) is 1.19. The zero-order valence-corrected chi connectivity index (χ0v) is 8.90. The van der Waals surface area contributed by atoms with E-state index in [4.69, 9.17) is 0 Å². The highest BCUT2D eigenvalue weighted by atomic mass is 32.1. The molecule has 0 unspecified atom stereocenters. The van der Waals surface area contributed by atoms with E-state index >= 15 is 0 Å². The van der Waals surface area contributed by atoms with Crippen LogP contribution in [0.1, 0.15) is 15.4 Å². The number of fused-ring (bicyclic) bond motifs is 3. The maximum atomic E-state index is 4.61. The van der Waals surface area contributed by atoms with Gasteiger partial charge in [0.2, 0.25) is 0 Å². The summed E-state index contributed by atoms with van der Waals surface area (Å²) in [6, 6.07) is 8.62. The zero-order valence-electron chi connectivity index (χ0n) is 8.08. The fraction of sp³-hybridized carbons (Fsp3) is 0.250. The van der Waals surface area contributed by atoms with Gasteiger partial charge in [0.05, 0.1) is 10.7 Å². The molecule has 1 aliphatic rings. The molecular formula is C12H11NS. The second kappa shape index (κ2) is 2.92. The Labute approximate surface area is 87.4 Å². The minimum Gasteiger partial charge on any atom is -0.241 e. The number of aromatic nitrogens is 1. The molecule has 2 heteroatoms. The summed E-state index contributed by atoms with van der Waals surface area (Å²) in [4.78, 5) is 6.07. The molecule has 0 spiro atoms. The van der Waals surface area contributed by atoms with Crippen LogP contribution < -0.4 is 0 Å². The van der Waals surface area contributed by atoms with Crippen LogP contribution in [0.15, 0.2) is 24.3 Å². The number of thiazole rings is 1. The van der Waals surface area contributed by atoms with E-state index in [1.165, 1.54) is 33.1 Å². The predicted molar refractivity (Wildman–Crippen MR) is 59.7 cm³/mol. The molecule has 0 fully saturated rings. The monoisotopic (exact) mass is 201 g/mol. The first-order chi connectivity index (χ1) is 6.84. The van der Waals surface area contributed by atoms with Crippen molar-refractivity contribution in [3.63, 3.8) is 0 Å². The molecule has 1 aromatic carbocycles. The van der Waals surface area contributed by atoms with Gasteiger partial charge in [0.15, 0.2) is 0 Å². The second-order valence-corrected chi connectivity index (χ2v) is 4.95. The summed E-state index contributed by atoms with van der Waals surface area (Å²) in [6.45, 7) is 2.09. The van der Waals surface area contributed by atoms with Crippen molar-refractivity contribution < 1.29 is 0 Å². The van der Waals surface area contributed by atoms with Gasteiger partial charge < -0.3 is 0 Å². The van der Waals surface area contributed by atoms with E-state index in [1.807, 2.05) is 11.3 Å². The molecule has 1 aliphatic carbocycles. The smallest absolute Gasteiger partial charge is 0.0904 e. The lowest BCUT2D eigenvalue weighted by atomic mass is 9.94. The van der Waals surface area contributed by atoms with Crippen LogP contribution in [0, 0.1) is 6.92 Å². The molecule has 0 radical (unpaired) electrons. The zero-order chi connectivity index (χ0) is 9.54. The number of hydrogen-bond donors (Lipinski definition) is 0. The fourth-order valence-corrected chi connectivity index (χ4v) is 3.02. The van der Waals surface area contributed by atoms with Crippen molar-refractivity contribution in [1.82, 2.24) is 4.98 Å². The quantitative estimate of drug-likeness (QED) is 0.637. The number of rotatable bonds is 0. The average Bonchev–Trinajstić information content (AvgIpc) is 2.59.